The fourth-order valence-electron chi connectivity index (χ4n) is 2.18. The number of benzene rings is 2. The molecule has 0 bridgehead atoms. The molecule has 0 aliphatic carbocycles. The van der Waals surface area contributed by atoms with Crippen LogP contribution in [0.4, 0.5) is 4.39 Å². The van der Waals surface area contributed by atoms with Crippen molar-refractivity contribution in [1.82, 2.24) is 5.32 Å². The molecule has 0 amide bonds. The summed E-state index contributed by atoms with van der Waals surface area (Å²) in [4.78, 5) is 0. The minimum Gasteiger partial charge on any atom is -0.309 e. The van der Waals surface area contributed by atoms with Crippen LogP contribution in [0.5, 0.6) is 0 Å². The number of halogens is 3. The molecular formula is C15H14BrClFN. The van der Waals surface area contributed by atoms with Gasteiger partial charge >= 0.3 is 0 Å². The van der Waals surface area contributed by atoms with E-state index in [4.69, 9.17) is 11.6 Å². The molecule has 0 aromatic heterocycles. The fraction of sp³-hybridized carbons (Fsp3) is 0.200. The summed E-state index contributed by atoms with van der Waals surface area (Å²) in [5.41, 5.74) is 2.74. The van der Waals surface area contributed by atoms with Crippen LogP contribution in [0.1, 0.15) is 22.7 Å². The van der Waals surface area contributed by atoms with Gasteiger partial charge in [-0.25, -0.2) is 4.39 Å². The summed E-state index contributed by atoms with van der Waals surface area (Å²) in [5, 5.41) is 3.56. The van der Waals surface area contributed by atoms with Gasteiger partial charge in [0.15, 0.2) is 0 Å². The van der Waals surface area contributed by atoms with Crippen molar-refractivity contribution in [2.24, 2.45) is 0 Å². The summed E-state index contributed by atoms with van der Waals surface area (Å²) in [6.45, 7) is 2.01. The Kier molecular flexibility index (Phi) is 4.61. The number of hydrogen-bond donors (Lipinski definition) is 1. The average molecular weight is 343 g/mol. The van der Waals surface area contributed by atoms with Gasteiger partial charge in [-0.05, 0) is 49.4 Å². The zero-order valence-electron chi connectivity index (χ0n) is 10.7. The molecule has 2 aromatic carbocycles. The van der Waals surface area contributed by atoms with Crippen molar-refractivity contribution >= 4 is 27.5 Å². The molecule has 4 heteroatoms. The summed E-state index contributed by atoms with van der Waals surface area (Å²) in [7, 11) is 1.82. The maximum Gasteiger partial charge on any atom is 0.129 e. The predicted molar refractivity (Wildman–Crippen MR) is 81.2 cm³/mol. The molecule has 100 valence electrons. The fourth-order valence-corrected chi connectivity index (χ4v) is 2.81. The number of nitrogens with one attached hydrogen (secondary N) is 1. The van der Waals surface area contributed by atoms with Gasteiger partial charge in [0.2, 0.25) is 0 Å². The molecule has 19 heavy (non-hydrogen) atoms. The van der Waals surface area contributed by atoms with E-state index in [1.165, 1.54) is 6.07 Å². The Balaban J connectivity index is 2.50. The molecule has 1 nitrogen and oxygen atoms in total. The third kappa shape index (κ3) is 3.16. The van der Waals surface area contributed by atoms with Gasteiger partial charge < -0.3 is 5.32 Å². The lowest BCUT2D eigenvalue weighted by Gasteiger charge is -2.20. The molecule has 0 spiro atoms. The summed E-state index contributed by atoms with van der Waals surface area (Å²) in [6.07, 6.45) is 0. The third-order valence-corrected chi connectivity index (χ3v) is 3.83. The van der Waals surface area contributed by atoms with Crippen LogP contribution in [0.3, 0.4) is 0 Å². The molecule has 1 N–H and O–H groups in total. The highest BCUT2D eigenvalue weighted by Crippen LogP contribution is 2.29. The summed E-state index contributed by atoms with van der Waals surface area (Å²) >= 11 is 9.23. The SMILES string of the molecule is CNC(c1ccc(Br)cc1C)c1ccc(Cl)cc1F. The molecule has 1 atom stereocenters. The second kappa shape index (κ2) is 6.04. The van der Waals surface area contributed by atoms with Crippen molar-refractivity contribution in [2.75, 3.05) is 7.05 Å². The van der Waals surface area contributed by atoms with E-state index >= 15 is 0 Å². The van der Waals surface area contributed by atoms with Gasteiger partial charge in [0.25, 0.3) is 0 Å². The first-order chi connectivity index (χ1) is 9.02. The van der Waals surface area contributed by atoms with E-state index in [9.17, 15) is 4.39 Å². The molecule has 0 saturated heterocycles. The van der Waals surface area contributed by atoms with E-state index in [0.717, 1.165) is 15.6 Å². The molecule has 0 aliphatic heterocycles. The molecule has 0 saturated carbocycles. The van der Waals surface area contributed by atoms with Crippen LogP contribution in [0.25, 0.3) is 0 Å². The van der Waals surface area contributed by atoms with Crippen molar-refractivity contribution in [2.45, 2.75) is 13.0 Å². The quantitative estimate of drug-likeness (QED) is 0.840. The van der Waals surface area contributed by atoms with Gasteiger partial charge in [-0.2, -0.15) is 0 Å². The van der Waals surface area contributed by atoms with Crippen LogP contribution < -0.4 is 5.32 Å². The van der Waals surface area contributed by atoms with Crippen LogP contribution in [0.2, 0.25) is 5.02 Å². The normalized spacial score (nSPS) is 12.5. The number of hydrogen-bond acceptors (Lipinski definition) is 1. The molecule has 0 heterocycles. The van der Waals surface area contributed by atoms with Gasteiger partial charge in [-0.1, -0.05) is 39.7 Å². The largest absolute Gasteiger partial charge is 0.309 e. The predicted octanol–water partition coefficient (Wildman–Crippen LogP) is 4.86. The highest BCUT2D eigenvalue weighted by Gasteiger charge is 2.18. The van der Waals surface area contributed by atoms with E-state index in [-0.39, 0.29) is 11.9 Å². The summed E-state index contributed by atoms with van der Waals surface area (Å²) in [5.74, 6) is -0.297. The van der Waals surface area contributed by atoms with Crippen molar-refractivity contribution in [1.29, 1.82) is 0 Å². The van der Waals surface area contributed by atoms with Gasteiger partial charge in [-0.3, -0.25) is 0 Å². The smallest absolute Gasteiger partial charge is 0.129 e. The molecule has 0 fully saturated rings. The highest BCUT2D eigenvalue weighted by molar-refractivity contribution is 9.10. The van der Waals surface area contributed by atoms with Crippen LogP contribution in [-0.2, 0) is 0 Å². The average Bonchev–Trinajstić information content (AvgIpc) is 2.34. The van der Waals surface area contributed by atoms with E-state index in [2.05, 4.69) is 21.2 Å². The highest BCUT2D eigenvalue weighted by atomic mass is 79.9. The zero-order valence-corrected chi connectivity index (χ0v) is 13.0. The van der Waals surface area contributed by atoms with E-state index < -0.39 is 0 Å². The summed E-state index contributed by atoms with van der Waals surface area (Å²) < 4.78 is 15.1. The lowest BCUT2D eigenvalue weighted by atomic mass is 9.95. The van der Waals surface area contributed by atoms with Crippen molar-refractivity contribution in [3.8, 4) is 0 Å². The standard InChI is InChI=1S/C15H14BrClFN/c1-9-7-10(16)3-5-12(9)15(19-2)13-6-4-11(17)8-14(13)18/h3-8,15,19H,1-2H3. The van der Waals surface area contributed by atoms with Crippen LogP contribution in [0.15, 0.2) is 40.9 Å². The van der Waals surface area contributed by atoms with Gasteiger partial charge in [0.1, 0.15) is 5.82 Å². The summed E-state index contributed by atoms with van der Waals surface area (Å²) in [6, 6.07) is 10.6. The van der Waals surface area contributed by atoms with Crippen LogP contribution in [-0.4, -0.2) is 7.05 Å². The molecule has 0 radical (unpaired) electrons. The lowest BCUT2D eigenvalue weighted by molar-refractivity contribution is 0.575. The minimum absolute atomic E-state index is 0.189. The Morgan fingerprint density at radius 3 is 2.42 bits per heavy atom. The van der Waals surface area contributed by atoms with Gasteiger partial charge in [0.05, 0.1) is 6.04 Å². The van der Waals surface area contributed by atoms with Crippen LogP contribution >= 0.6 is 27.5 Å². The van der Waals surface area contributed by atoms with Crippen molar-refractivity contribution < 1.29 is 4.39 Å². The first-order valence-electron chi connectivity index (χ1n) is 5.91. The Hall–Kier alpha value is -0.900. The Morgan fingerprint density at radius 1 is 1.16 bits per heavy atom. The second-order valence-electron chi connectivity index (χ2n) is 4.39. The molecular weight excluding hydrogens is 329 g/mol. The second-order valence-corrected chi connectivity index (χ2v) is 5.74. The molecule has 2 rings (SSSR count). The lowest BCUT2D eigenvalue weighted by Crippen LogP contribution is -2.20. The Bertz CT molecular complexity index is 549. The third-order valence-electron chi connectivity index (χ3n) is 3.11. The Morgan fingerprint density at radius 2 is 1.84 bits per heavy atom. The van der Waals surface area contributed by atoms with Crippen molar-refractivity contribution in [3.05, 3.63) is 68.4 Å². The molecule has 0 aliphatic rings. The topological polar surface area (TPSA) is 12.0 Å². The van der Waals surface area contributed by atoms with Crippen LogP contribution in [0, 0.1) is 12.7 Å². The van der Waals surface area contributed by atoms with E-state index in [1.54, 1.807) is 12.1 Å². The maximum absolute atomic E-state index is 14.1. The monoisotopic (exact) mass is 341 g/mol. The van der Waals surface area contributed by atoms with E-state index in [0.29, 0.717) is 10.6 Å². The van der Waals surface area contributed by atoms with Gasteiger partial charge in [-0.15, -0.1) is 0 Å². The molecule has 1 unspecified atom stereocenters. The first-order valence-corrected chi connectivity index (χ1v) is 7.08. The minimum atomic E-state index is -0.297. The first kappa shape index (κ1) is 14.5. The van der Waals surface area contributed by atoms with E-state index in [1.807, 2.05) is 32.2 Å². The zero-order chi connectivity index (χ0) is 14.0. The number of rotatable bonds is 3. The number of aryl methyl sites for hydroxylation is 1. The maximum atomic E-state index is 14.1. The molecule has 2 aromatic rings. The van der Waals surface area contributed by atoms with Gasteiger partial charge in [0, 0.05) is 15.1 Å². The van der Waals surface area contributed by atoms with Crippen molar-refractivity contribution in [3.63, 3.8) is 0 Å². The Labute approximate surface area is 125 Å².